The van der Waals surface area contributed by atoms with Crippen molar-refractivity contribution >= 4 is 40.0 Å². The van der Waals surface area contributed by atoms with Crippen molar-refractivity contribution in [1.29, 1.82) is 0 Å². The van der Waals surface area contributed by atoms with Gasteiger partial charge in [0.15, 0.2) is 11.5 Å². The smallest absolute Gasteiger partial charge is 0.387 e. The maximum absolute atomic E-state index is 12.4. The molecule has 0 spiro atoms. The summed E-state index contributed by atoms with van der Waals surface area (Å²) in [5.74, 6) is 0.0705. The summed E-state index contributed by atoms with van der Waals surface area (Å²) < 4.78 is 34.2. The molecule has 0 aliphatic heterocycles. The van der Waals surface area contributed by atoms with Crippen LogP contribution in [0.4, 0.5) is 20.2 Å². The van der Waals surface area contributed by atoms with Gasteiger partial charge >= 0.3 is 6.61 Å². The first-order valence-corrected chi connectivity index (χ1v) is 8.38. The molecule has 0 radical (unpaired) electrons. The van der Waals surface area contributed by atoms with E-state index in [9.17, 15) is 13.6 Å². The third kappa shape index (κ3) is 4.65. The topological polar surface area (TPSA) is 76.4 Å². The molecule has 0 aliphatic carbocycles. The second-order valence-corrected chi connectivity index (χ2v) is 6.20. The van der Waals surface area contributed by atoms with E-state index in [1.807, 2.05) is 0 Å². The quantitative estimate of drug-likeness (QED) is 0.625. The molecule has 0 aliphatic rings. The van der Waals surface area contributed by atoms with Gasteiger partial charge in [-0.25, -0.2) is 4.98 Å². The number of halogens is 3. The van der Waals surface area contributed by atoms with Crippen LogP contribution in [0.2, 0.25) is 5.02 Å². The molecule has 2 N–H and O–H groups in total. The van der Waals surface area contributed by atoms with Gasteiger partial charge in [0.2, 0.25) is 5.91 Å². The number of rotatable bonds is 6. The fourth-order valence-electron chi connectivity index (χ4n) is 2.47. The van der Waals surface area contributed by atoms with Gasteiger partial charge in [0, 0.05) is 18.3 Å². The third-order valence-corrected chi connectivity index (χ3v) is 3.98. The van der Waals surface area contributed by atoms with Crippen LogP contribution in [0.5, 0.6) is 5.75 Å². The Hall–Kier alpha value is -2.87. The van der Waals surface area contributed by atoms with Gasteiger partial charge in [0.05, 0.1) is 5.02 Å². The van der Waals surface area contributed by atoms with E-state index in [0.717, 1.165) is 0 Å². The van der Waals surface area contributed by atoms with Gasteiger partial charge < -0.3 is 19.8 Å². The molecule has 1 aromatic heterocycles. The Bertz CT molecular complexity index is 978. The van der Waals surface area contributed by atoms with Crippen LogP contribution in [0.3, 0.4) is 0 Å². The Labute approximate surface area is 158 Å². The Morgan fingerprint density at radius 3 is 2.67 bits per heavy atom. The third-order valence-electron chi connectivity index (χ3n) is 3.69. The molecular formula is C18H16ClF2N3O3. The zero-order valence-corrected chi connectivity index (χ0v) is 15.2. The molecule has 0 unspecified atom stereocenters. The zero-order valence-electron chi connectivity index (χ0n) is 14.4. The Morgan fingerprint density at radius 1 is 1.22 bits per heavy atom. The molecule has 3 aromatic rings. The first-order chi connectivity index (χ1) is 12.8. The molecule has 0 fully saturated rings. The Balaban J connectivity index is 1.65. The average molecular weight is 396 g/mol. The molecule has 142 valence electrons. The molecule has 0 bridgehead atoms. The van der Waals surface area contributed by atoms with Gasteiger partial charge in [-0.3, -0.25) is 4.79 Å². The fourth-order valence-corrected chi connectivity index (χ4v) is 2.69. The van der Waals surface area contributed by atoms with Gasteiger partial charge in [-0.2, -0.15) is 8.78 Å². The molecule has 0 saturated heterocycles. The van der Waals surface area contributed by atoms with Crippen molar-refractivity contribution in [3.63, 3.8) is 0 Å². The van der Waals surface area contributed by atoms with Crippen molar-refractivity contribution in [2.75, 3.05) is 10.6 Å². The number of nitrogens with one attached hydrogen (secondary N) is 2. The summed E-state index contributed by atoms with van der Waals surface area (Å²) in [5, 5.41) is 5.70. The molecular weight excluding hydrogens is 380 g/mol. The summed E-state index contributed by atoms with van der Waals surface area (Å²) in [7, 11) is 0. The number of ether oxygens (including phenoxy) is 1. The monoisotopic (exact) mass is 395 g/mol. The van der Waals surface area contributed by atoms with Crippen LogP contribution in [0.25, 0.3) is 11.1 Å². The minimum absolute atomic E-state index is 0.0273. The van der Waals surface area contributed by atoms with Crippen molar-refractivity contribution in [3.8, 4) is 5.75 Å². The summed E-state index contributed by atoms with van der Waals surface area (Å²) in [5.41, 5.74) is 2.42. The van der Waals surface area contributed by atoms with Crippen LogP contribution in [0.15, 0.2) is 40.8 Å². The second kappa shape index (κ2) is 7.79. The number of carbonyl (C=O) groups excluding carboxylic acids is 1. The molecule has 2 aromatic carbocycles. The lowest BCUT2D eigenvalue weighted by atomic mass is 10.2. The predicted octanol–water partition coefficient (Wildman–Crippen LogP) is 4.83. The van der Waals surface area contributed by atoms with E-state index >= 15 is 0 Å². The number of oxazole rings is 1. The van der Waals surface area contributed by atoms with E-state index in [1.54, 1.807) is 32.0 Å². The molecule has 0 saturated carbocycles. The highest BCUT2D eigenvalue weighted by Gasteiger charge is 2.15. The highest BCUT2D eigenvalue weighted by molar-refractivity contribution is 6.32. The van der Waals surface area contributed by atoms with Gasteiger partial charge in [-0.1, -0.05) is 11.6 Å². The van der Waals surface area contributed by atoms with Crippen molar-refractivity contribution in [3.05, 3.63) is 47.3 Å². The highest BCUT2D eigenvalue weighted by atomic mass is 35.5. The van der Waals surface area contributed by atoms with Crippen LogP contribution >= 0.6 is 11.6 Å². The maximum Gasteiger partial charge on any atom is 0.387 e. The summed E-state index contributed by atoms with van der Waals surface area (Å²) in [4.78, 5) is 16.6. The molecule has 6 nitrogen and oxygen atoms in total. The number of fused-ring (bicyclic) bond motifs is 1. The normalized spacial score (nSPS) is 12.2. The number of hydrogen-bond acceptors (Lipinski definition) is 5. The average Bonchev–Trinajstić information content (AvgIpc) is 2.96. The van der Waals surface area contributed by atoms with Crippen molar-refractivity contribution in [1.82, 2.24) is 4.98 Å². The van der Waals surface area contributed by atoms with Gasteiger partial charge in [0.1, 0.15) is 17.3 Å². The van der Waals surface area contributed by atoms with E-state index in [2.05, 4.69) is 20.4 Å². The molecule has 9 heteroatoms. The largest absolute Gasteiger partial charge is 0.441 e. The van der Waals surface area contributed by atoms with Gasteiger partial charge in [-0.05, 0) is 43.3 Å². The SMILES string of the molecule is Cc1nc2cc(N[C@H](C)C(=O)Nc3ccc(OC(F)F)c(Cl)c3)ccc2o1. The van der Waals surface area contributed by atoms with E-state index in [1.165, 1.54) is 18.2 Å². The van der Waals surface area contributed by atoms with E-state index in [-0.39, 0.29) is 16.7 Å². The van der Waals surface area contributed by atoms with Crippen LogP contribution < -0.4 is 15.4 Å². The predicted molar refractivity (Wildman–Crippen MR) is 98.5 cm³/mol. The standard InChI is InChI=1S/C18H16ClF2N3O3/c1-9(22-12-4-6-16-14(8-12)23-10(2)26-16)17(25)24-11-3-5-15(13(19)7-11)27-18(20)21/h3-9,18,22H,1-2H3,(H,24,25)/t9-/m1/s1. The van der Waals surface area contributed by atoms with Crippen LogP contribution in [-0.2, 0) is 4.79 Å². The number of hydrogen-bond donors (Lipinski definition) is 2. The summed E-state index contributed by atoms with van der Waals surface area (Å²) in [6.07, 6.45) is 0. The number of amides is 1. The first-order valence-electron chi connectivity index (χ1n) is 8.01. The summed E-state index contributed by atoms with van der Waals surface area (Å²) in [6, 6.07) is 8.79. The number of nitrogens with zero attached hydrogens (tertiary/aromatic N) is 1. The Morgan fingerprint density at radius 2 is 1.96 bits per heavy atom. The van der Waals surface area contributed by atoms with Crippen molar-refractivity contribution < 1.29 is 22.7 Å². The maximum atomic E-state index is 12.4. The first kappa shape index (κ1) is 18.9. The van der Waals surface area contributed by atoms with Crippen LogP contribution in [0, 0.1) is 6.92 Å². The van der Waals surface area contributed by atoms with Crippen molar-refractivity contribution in [2.24, 2.45) is 0 Å². The number of carbonyl (C=O) groups is 1. The number of anilines is 2. The molecule has 1 atom stereocenters. The molecule has 1 heterocycles. The fraction of sp³-hybridized carbons (Fsp3) is 0.222. The molecule has 3 rings (SSSR count). The lowest BCUT2D eigenvalue weighted by molar-refractivity contribution is -0.116. The summed E-state index contributed by atoms with van der Waals surface area (Å²) >= 11 is 5.88. The van der Waals surface area contributed by atoms with Gasteiger partial charge in [-0.15, -0.1) is 0 Å². The van der Waals surface area contributed by atoms with Crippen LogP contribution in [0.1, 0.15) is 12.8 Å². The second-order valence-electron chi connectivity index (χ2n) is 5.79. The number of benzene rings is 2. The van der Waals surface area contributed by atoms with Crippen molar-refractivity contribution in [2.45, 2.75) is 26.5 Å². The van der Waals surface area contributed by atoms with Gasteiger partial charge in [0.25, 0.3) is 0 Å². The van der Waals surface area contributed by atoms with E-state index < -0.39 is 12.7 Å². The minimum atomic E-state index is -2.97. The van der Waals surface area contributed by atoms with E-state index in [0.29, 0.717) is 28.4 Å². The zero-order chi connectivity index (χ0) is 19.6. The number of aryl methyl sites for hydroxylation is 1. The molecule has 1 amide bonds. The Kier molecular flexibility index (Phi) is 5.46. The van der Waals surface area contributed by atoms with Crippen LogP contribution in [-0.4, -0.2) is 23.5 Å². The highest BCUT2D eigenvalue weighted by Crippen LogP contribution is 2.29. The summed E-state index contributed by atoms with van der Waals surface area (Å²) in [6.45, 7) is 0.466. The number of alkyl halides is 2. The minimum Gasteiger partial charge on any atom is -0.441 e. The number of aromatic nitrogens is 1. The van der Waals surface area contributed by atoms with E-state index in [4.69, 9.17) is 16.0 Å². The molecule has 27 heavy (non-hydrogen) atoms. The lowest BCUT2D eigenvalue weighted by Crippen LogP contribution is -2.31. The lowest BCUT2D eigenvalue weighted by Gasteiger charge is -2.16.